The molecule has 0 saturated carbocycles. The van der Waals surface area contributed by atoms with Gasteiger partial charge >= 0.3 is 0 Å². The van der Waals surface area contributed by atoms with Gasteiger partial charge in [0.2, 0.25) is 0 Å². The van der Waals surface area contributed by atoms with Crippen LogP contribution in [0, 0.1) is 0 Å². The zero-order chi connectivity index (χ0) is 15.5. The molecule has 116 valence electrons. The topological polar surface area (TPSA) is 59.0 Å². The van der Waals surface area contributed by atoms with Crippen LogP contribution in [0.3, 0.4) is 0 Å². The summed E-state index contributed by atoms with van der Waals surface area (Å²) in [5.74, 6) is 0.240. The van der Waals surface area contributed by atoms with E-state index >= 15 is 0 Å². The SMILES string of the molecule is COc1ccc(Cl)cc1C(=O)N(C)CC1(O)CCOCC1. The molecule has 1 amide bonds. The van der Waals surface area contributed by atoms with Crippen molar-refractivity contribution in [1.29, 1.82) is 0 Å². The van der Waals surface area contributed by atoms with Crippen LogP contribution < -0.4 is 4.74 Å². The molecule has 2 rings (SSSR count). The summed E-state index contributed by atoms with van der Waals surface area (Å²) in [6.07, 6.45) is 1.05. The largest absolute Gasteiger partial charge is 0.496 e. The molecule has 0 unspecified atom stereocenters. The van der Waals surface area contributed by atoms with E-state index in [9.17, 15) is 9.90 Å². The third kappa shape index (κ3) is 3.87. The molecule has 1 N–H and O–H groups in total. The molecule has 0 bridgehead atoms. The summed E-state index contributed by atoms with van der Waals surface area (Å²) in [5.41, 5.74) is -0.503. The van der Waals surface area contributed by atoms with E-state index in [-0.39, 0.29) is 12.5 Å². The van der Waals surface area contributed by atoms with Crippen molar-refractivity contribution in [3.63, 3.8) is 0 Å². The van der Waals surface area contributed by atoms with E-state index in [4.69, 9.17) is 21.1 Å². The molecule has 1 saturated heterocycles. The number of hydrogen-bond acceptors (Lipinski definition) is 4. The smallest absolute Gasteiger partial charge is 0.257 e. The van der Waals surface area contributed by atoms with Crippen molar-refractivity contribution in [2.24, 2.45) is 0 Å². The van der Waals surface area contributed by atoms with Gasteiger partial charge in [0.1, 0.15) is 5.75 Å². The van der Waals surface area contributed by atoms with Crippen molar-refractivity contribution in [1.82, 2.24) is 4.90 Å². The molecule has 0 radical (unpaired) electrons. The van der Waals surface area contributed by atoms with E-state index in [1.807, 2.05) is 0 Å². The number of aliphatic hydroxyl groups is 1. The first-order chi connectivity index (χ1) is 9.95. The van der Waals surface area contributed by atoms with E-state index in [1.54, 1.807) is 25.2 Å². The van der Waals surface area contributed by atoms with Crippen LogP contribution in [-0.4, -0.2) is 55.4 Å². The van der Waals surface area contributed by atoms with E-state index in [1.165, 1.54) is 12.0 Å². The lowest BCUT2D eigenvalue weighted by molar-refractivity contribution is -0.0734. The number of nitrogens with zero attached hydrogens (tertiary/aromatic N) is 1. The number of rotatable bonds is 4. The Balaban J connectivity index is 2.13. The van der Waals surface area contributed by atoms with Crippen LogP contribution in [0.25, 0.3) is 0 Å². The van der Waals surface area contributed by atoms with Crippen LogP contribution in [0.15, 0.2) is 18.2 Å². The van der Waals surface area contributed by atoms with E-state index in [0.717, 1.165) is 0 Å². The molecule has 1 aromatic rings. The Labute approximate surface area is 129 Å². The molecule has 1 aliphatic heterocycles. The van der Waals surface area contributed by atoms with Gasteiger partial charge in [-0.2, -0.15) is 0 Å². The van der Waals surface area contributed by atoms with E-state index in [0.29, 0.717) is 42.4 Å². The minimum Gasteiger partial charge on any atom is -0.496 e. The molecule has 0 aliphatic carbocycles. The highest BCUT2D eigenvalue weighted by atomic mass is 35.5. The van der Waals surface area contributed by atoms with E-state index in [2.05, 4.69) is 0 Å². The van der Waals surface area contributed by atoms with Gasteiger partial charge in [-0.05, 0) is 18.2 Å². The van der Waals surface area contributed by atoms with Crippen molar-refractivity contribution < 1.29 is 19.4 Å². The second-order valence-corrected chi connectivity index (χ2v) is 5.78. The summed E-state index contributed by atoms with van der Waals surface area (Å²) >= 11 is 5.95. The van der Waals surface area contributed by atoms with Crippen molar-refractivity contribution in [3.05, 3.63) is 28.8 Å². The highest BCUT2D eigenvalue weighted by Crippen LogP contribution is 2.26. The summed E-state index contributed by atoms with van der Waals surface area (Å²) in [7, 11) is 3.17. The third-order valence-corrected chi connectivity index (χ3v) is 3.93. The lowest BCUT2D eigenvalue weighted by Gasteiger charge is -2.35. The first-order valence-electron chi connectivity index (χ1n) is 6.84. The Morgan fingerprint density at radius 2 is 2.14 bits per heavy atom. The highest BCUT2D eigenvalue weighted by Gasteiger charge is 2.33. The molecule has 6 heteroatoms. The molecule has 1 aliphatic rings. The summed E-state index contributed by atoms with van der Waals surface area (Å²) < 4.78 is 10.4. The second-order valence-electron chi connectivity index (χ2n) is 5.34. The van der Waals surface area contributed by atoms with Crippen LogP contribution in [0.4, 0.5) is 0 Å². The predicted molar refractivity (Wildman–Crippen MR) is 80.0 cm³/mol. The number of hydrogen-bond donors (Lipinski definition) is 1. The number of carbonyl (C=O) groups is 1. The number of halogens is 1. The number of benzene rings is 1. The number of carbonyl (C=O) groups excluding carboxylic acids is 1. The fraction of sp³-hybridized carbons (Fsp3) is 0.533. The summed E-state index contributed by atoms with van der Waals surface area (Å²) in [6, 6.07) is 4.91. The highest BCUT2D eigenvalue weighted by molar-refractivity contribution is 6.31. The first kappa shape index (κ1) is 16.1. The molecule has 0 aromatic heterocycles. The van der Waals surface area contributed by atoms with Crippen molar-refractivity contribution in [2.75, 3.05) is 33.9 Å². The van der Waals surface area contributed by atoms with Crippen molar-refractivity contribution in [3.8, 4) is 5.75 Å². The zero-order valence-corrected chi connectivity index (χ0v) is 13.0. The quantitative estimate of drug-likeness (QED) is 0.923. The Morgan fingerprint density at radius 1 is 1.48 bits per heavy atom. The Bertz CT molecular complexity index is 514. The number of methoxy groups -OCH3 is 1. The molecule has 0 spiro atoms. The molecule has 1 aromatic carbocycles. The minimum absolute atomic E-state index is 0.228. The Hall–Kier alpha value is -1.30. The van der Waals surface area contributed by atoms with Gasteiger partial charge < -0.3 is 19.5 Å². The van der Waals surface area contributed by atoms with Crippen LogP contribution in [-0.2, 0) is 4.74 Å². The van der Waals surface area contributed by atoms with Gasteiger partial charge in [0.25, 0.3) is 5.91 Å². The molecule has 5 nitrogen and oxygen atoms in total. The van der Waals surface area contributed by atoms with Gasteiger partial charge in [-0.1, -0.05) is 11.6 Å². The summed E-state index contributed by atoms with van der Waals surface area (Å²) in [5, 5.41) is 11.0. The summed E-state index contributed by atoms with van der Waals surface area (Å²) in [4.78, 5) is 14.0. The van der Waals surface area contributed by atoms with Gasteiger partial charge in [-0.15, -0.1) is 0 Å². The maximum absolute atomic E-state index is 12.5. The fourth-order valence-corrected chi connectivity index (χ4v) is 2.65. The molecule has 1 heterocycles. The number of amides is 1. The third-order valence-electron chi connectivity index (χ3n) is 3.69. The lowest BCUT2D eigenvalue weighted by Crippen LogP contribution is -2.47. The molecule has 21 heavy (non-hydrogen) atoms. The van der Waals surface area contributed by atoms with Gasteiger partial charge in [0.05, 0.1) is 18.3 Å². The van der Waals surface area contributed by atoms with Gasteiger partial charge in [0.15, 0.2) is 0 Å². The second kappa shape index (κ2) is 6.64. The van der Waals surface area contributed by atoms with Gasteiger partial charge in [0, 0.05) is 44.7 Å². The maximum atomic E-state index is 12.5. The predicted octanol–water partition coefficient (Wildman–Crippen LogP) is 1.96. The zero-order valence-electron chi connectivity index (χ0n) is 12.3. The maximum Gasteiger partial charge on any atom is 0.257 e. The molecular weight excluding hydrogens is 294 g/mol. The van der Waals surface area contributed by atoms with Crippen molar-refractivity contribution >= 4 is 17.5 Å². The fourth-order valence-electron chi connectivity index (χ4n) is 2.48. The minimum atomic E-state index is -0.894. The first-order valence-corrected chi connectivity index (χ1v) is 7.22. The normalized spacial score (nSPS) is 17.3. The van der Waals surface area contributed by atoms with E-state index < -0.39 is 5.60 Å². The van der Waals surface area contributed by atoms with Crippen LogP contribution in [0.5, 0.6) is 5.75 Å². The van der Waals surface area contributed by atoms with Crippen LogP contribution >= 0.6 is 11.6 Å². The lowest BCUT2D eigenvalue weighted by atomic mass is 9.93. The Morgan fingerprint density at radius 3 is 2.76 bits per heavy atom. The number of ether oxygens (including phenoxy) is 2. The standard InChI is InChI=1S/C15H20ClNO4/c1-17(10-15(19)5-7-21-8-6-15)14(18)12-9-11(16)3-4-13(12)20-2/h3-4,9,19H,5-8,10H2,1-2H3. The van der Waals surface area contributed by atoms with Crippen molar-refractivity contribution in [2.45, 2.75) is 18.4 Å². The van der Waals surface area contributed by atoms with Crippen LogP contribution in [0.1, 0.15) is 23.2 Å². The Kier molecular flexibility index (Phi) is 5.08. The average Bonchev–Trinajstić information content (AvgIpc) is 2.46. The summed E-state index contributed by atoms with van der Waals surface area (Å²) in [6.45, 7) is 1.28. The van der Waals surface area contributed by atoms with Gasteiger partial charge in [-0.3, -0.25) is 4.79 Å². The average molecular weight is 314 g/mol. The number of likely N-dealkylation sites (N-methyl/N-ethyl adjacent to an activating group) is 1. The van der Waals surface area contributed by atoms with Gasteiger partial charge in [-0.25, -0.2) is 0 Å². The van der Waals surface area contributed by atoms with Crippen LogP contribution in [0.2, 0.25) is 5.02 Å². The molecular formula is C15H20ClNO4. The molecule has 1 fully saturated rings. The monoisotopic (exact) mass is 313 g/mol. The molecule has 0 atom stereocenters.